The molecule has 1 heterocycles. The molecule has 4 N–H and O–H groups in total. The summed E-state index contributed by atoms with van der Waals surface area (Å²) >= 11 is 1.46. The van der Waals surface area contributed by atoms with Crippen molar-refractivity contribution in [2.45, 2.75) is 19.9 Å². The lowest BCUT2D eigenvalue weighted by molar-refractivity contribution is 0.834. The number of thiazole rings is 1. The van der Waals surface area contributed by atoms with E-state index < -0.39 is 0 Å². The molecule has 0 saturated heterocycles. The highest BCUT2D eigenvalue weighted by atomic mass is 32.1. The maximum absolute atomic E-state index is 5.90. The monoisotopic (exact) mass is 234 g/mol. The van der Waals surface area contributed by atoms with Crippen molar-refractivity contribution in [3.63, 3.8) is 0 Å². The van der Waals surface area contributed by atoms with Gasteiger partial charge in [0.1, 0.15) is 5.84 Å². The first kappa shape index (κ1) is 10.9. The van der Waals surface area contributed by atoms with Gasteiger partial charge in [-0.3, -0.25) is 4.99 Å². The third-order valence-corrected chi connectivity index (χ3v) is 2.95. The molecule has 0 amide bonds. The van der Waals surface area contributed by atoms with Crippen molar-refractivity contribution in [3.8, 4) is 0 Å². The van der Waals surface area contributed by atoms with E-state index >= 15 is 0 Å². The van der Waals surface area contributed by atoms with E-state index in [1.165, 1.54) is 11.3 Å². The van der Waals surface area contributed by atoms with E-state index in [9.17, 15) is 0 Å². The number of nitrogens with zero attached hydrogens (tertiary/aromatic N) is 2. The summed E-state index contributed by atoms with van der Waals surface area (Å²) in [5.41, 5.74) is 13.4. The van der Waals surface area contributed by atoms with Gasteiger partial charge in [-0.15, -0.1) is 0 Å². The predicted octanol–water partition coefficient (Wildman–Crippen LogP) is 1.99. The molecule has 0 aliphatic rings. The fourth-order valence-electron chi connectivity index (χ4n) is 1.45. The van der Waals surface area contributed by atoms with Crippen molar-refractivity contribution in [1.29, 1.82) is 0 Å². The average molecular weight is 234 g/mol. The number of fused-ring (bicyclic) bond motifs is 1. The summed E-state index contributed by atoms with van der Waals surface area (Å²) in [5.74, 6) is 0.559. The highest BCUT2D eigenvalue weighted by molar-refractivity contribution is 7.22. The van der Waals surface area contributed by atoms with Crippen molar-refractivity contribution in [1.82, 2.24) is 4.98 Å². The van der Waals surface area contributed by atoms with Crippen LogP contribution >= 0.6 is 11.3 Å². The van der Waals surface area contributed by atoms with Gasteiger partial charge in [0.2, 0.25) is 0 Å². The Kier molecular flexibility index (Phi) is 2.78. The summed E-state index contributed by atoms with van der Waals surface area (Å²) in [7, 11) is 0. The van der Waals surface area contributed by atoms with Crippen LogP contribution in [-0.2, 0) is 0 Å². The van der Waals surface area contributed by atoms with Gasteiger partial charge in [-0.25, -0.2) is 4.98 Å². The molecule has 16 heavy (non-hydrogen) atoms. The molecule has 0 aliphatic carbocycles. The summed E-state index contributed by atoms with van der Waals surface area (Å²) in [6.45, 7) is 3.99. The fourth-order valence-corrected chi connectivity index (χ4v) is 2.23. The Morgan fingerprint density at radius 2 is 2.19 bits per heavy atom. The highest BCUT2D eigenvalue weighted by Gasteiger charge is 2.04. The van der Waals surface area contributed by atoms with Crippen LogP contribution in [0, 0.1) is 0 Å². The van der Waals surface area contributed by atoms with Crippen LogP contribution in [-0.4, -0.2) is 16.9 Å². The molecule has 2 rings (SSSR count). The molecule has 1 aromatic carbocycles. The number of nitrogen functional groups attached to an aromatic ring is 1. The zero-order chi connectivity index (χ0) is 11.7. The standard InChI is InChI=1S/C11H14N4S/c1-6(2)14-10(12)7-3-4-8-9(5-7)16-11(13)15-8/h3-6H,1-2H3,(H2,12,14)(H2,13,15). The number of aromatic nitrogens is 1. The number of nitrogens with two attached hydrogens (primary N) is 2. The molecule has 0 fully saturated rings. The molecule has 0 bridgehead atoms. The van der Waals surface area contributed by atoms with Gasteiger partial charge in [0, 0.05) is 11.6 Å². The molecule has 4 nitrogen and oxygen atoms in total. The molecule has 0 spiro atoms. The summed E-state index contributed by atoms with van der Waals surface area (Å²) in [4.78, 5) is 8.50. The fraction of sp³-hybridized carbons (Fsp3) is 0.273. The van der Waals surface area contributed by atoms with E-state index in [1.807, 2.05) is 32.0 Å². The Morgan fingerprint density at radius 3 is 2.88 bits per heavy atom. The molecule has 0 atom stereocenters. The van der Waals surface area contributed by atoms with Gasteiger partial charge < -0.3 is 11.5 Å². The minimum atomic E-state index is 0.197. The van der Waals surface area contributed by atoms with Crippen LogP contribution in [0.2, 0.25) is 0 Å². The van der Waals surface area contributed by atoms with Crippen molar-refractivity contribution < 1.29 is 0 Å². The van der Waals surface area contributed by atoms with Crippen molar-refractivity contribution in [2.75, 3.05) is 5.73 Å². The van der Waals surface area contributed by atoms with Gasteiger partial charge in [0.25, 0.3) is 0 Å². The third-order valence-electron chi connectivity index (χ3n) is 2.10. The molecule has 0 saturated carbocycles. The third kappa shape index (κ3) is 2.14. The maximum Gasteiger partial charge on any atom is 0.181 e. The van der Waals surface area contributed by atoms with E-state index in [1.54, 1.807) is 0 Å². The lowest BCUT2D eigenvalue weighted by Crippen LogP contribution is -2.15. The number of benzene rings is 1. The highest BCUT2D eigenvalue weighted by Crippen LogP contribution is 2.24. The first-order valence-corrected chi connectivity index (χ1v) is 5.87. The van der Waals surface area contributed by atoms with Crippen molar-refractivity contribution in [2.24, 2.45) is 10.7 Å². The molecule has 0 unspecified atom stereocenters. The molecule has 0 radical (unpaired) electrons. The van der Waals surface area contributed by atoms with Crippen LogP contribution < -0.4 is 11.5 Å². The first-order valence-electron chi connectivity index (χ1n) is 5.06. The molecule has 0 aliphatic heterocycles. The maximum atomic E-state index is 5.90. The smallest absolute Gasteiger partial charge is 0.181 e. The summed E-state index contributed by atoms with van der Waals surface area (Å²) in [5, 5.41) is 0.575. The number of hydrogen-bond donors (Lipinski definition) is 2. The zero-order valence-electron chi connectivity index (χ0n) is 9.27. The normalized spacial score (nSPS) is 12.6. The van der Waals surface area contributed by atoms with Gasteiger partial charge in [-0.1, -0.05) is 11.3 Å². The quantitative estimate of drug-likeness (QED) is 0.616. The van der Waals surface area contributed by atoms with Crippen LogP contribution in [0.4, 0.5) is 5.13 Å². The van der Waals surface area contributed by atoms with E-state index in [0.29, 0.717) is 11.0 Å². The topological polar surface area (TPSA) is 77.3 Å². The van der Waals surface area contributed by atoms with E-state index in [4.69, 9.17) is 11.5 Å². The largest absolute Gasteiger partial charge is 0.383 e. The van der Waals surface area contributed by atoms with Crippen LogP contribution in [0.25, 0.3) is 10.2 Å². The molecule has 2 aromatic rings. The van der Waals surface area contributed by atoms with Gasteiger partial charge in [-0.2, -0.15) is 0 Å². The molecular formula is C11H14N4S. The lowest BCUT2D eigenvalue weighted by Gasteiger charge is -2.02. The second-order valence-corrected chi connectivity index (χ2v) is 4.90. The number of anilines is 1. The minimum absolute atomic E-state index is 0.197. The molecule has 5 heteroatoms. The number of rotatable bonds is 2. The Hall–Kier alpha value is -1.62. The number of aliphatic imine (C=N–C) groups is 1. The van der Waals surface area contributed by atoms with Crippen LogP contribution in [0.1, 0.15) is 19.4 Å². The summed E-state index contributed by atoms with van der Waals surface area (Å²) in [6, 6.07) is 6.01. The predicted molar refractivity (Wildman–Crippen MR) is 69.9 cm³/mol. The van der Waals surface area contributed by atoms with E-state index in [0.717, 1.165) is 15.8 Å². The lowest BCUT2D eigenvalue weighted by atomic mass is 10.2. The van der Waals surface area contributed by atoms with E-state index in [-0.39, 0.29) is 6.04 Å². The van der Waals surface area contributed by atoms with Crippen molar-refractivity contribution in [3.05, 3.63) is 23.8 Å². The Labute approximate surface area is 98.0 Å². The molecule has 1 aromatic heterocycles. The number of amidine groups is 1. The van der Waals surface area contributed by atoms with Crippen LogP contribution in [0.3, 0.4) is 0 Å². The summed E-state index contributed by atoms with van der Waals surface area (Å²) < 4.78 is 1.04. The summed E-state index contributed by atoms with van der Waals surface area (Å²) in [6.07, 6.45) is 0. The van der Waals surface area contributed by atoms with Gasteiger partial charge in [-0.05, 0) is 32.0 Å². The van der Waals surface area contributed by atoms with Gasteiger partial charge >= 0.3 is 0 Å². The average Bonchev–Trinajstić information content (AvgIpc) is 2.55. The van der Waals surface area contributed by atoms with Crippen LogP contribution in [0.15, 0.2) is 23.2 Å². The Morgan fingerprint density at radius 1 is 1.44 bits per heavy atom. The first-order chi connectivity index (χ1) is 7.56. The molecular weight excluding hydrogens is 220 g/mol. The Bertz CT molecular complexity index is 542. The molecule has 84 valence electrons. The Balaban J connectivity index is 2.46. The zero-order valence-corrected chi connectivity index (χ0v) is 10.1. The SMILES string of the molecule is CC(C)N=C(N)c1ccc2nc(N)sc2c1. The second kappa shape index (κ2) is 4.09. The van der Waals surface area contributed by atoms with Crippen molar-refractivity contribution >= 4 is 32.5 Å². The van der Waals surface area contributed by atoms with Gasteiger partial charge in [0.15, 0.2) is 5.13 Å². The second-order valence-electron chi connectivity index (χ2n) is 3.84. The number of hydrogen-bond acceptors (Lipinski definition) is 4. The van der Waals surface area contributed by atoms with Crippen LogP contribution in [0.5, 0.6) is 0 Å². The van der Waals surface area contributed by atoms with Gasteiger partial charge in [0.05, 0.1) is 10.2 Å². The minimum Gasteiger partial charge on any atom is -0.383 e. The van der Waals surface area contributed by atoms with E-state index in [2.05, 4.69) is 9.98 Å².